The maximum absolute atomic E-state index is 12.5. The van der Waals surface area contributed by atoms with Crippen molar-refractivity contribution in [1.29, 1.82) is 0 Å². The van der Waals surface area contributed by atoms with Crippen LogP contribution in [0.1, 0.15) is 33.6 Å². The topological polar surface area (TPSA) is 70.1 Å². The van der Waals surface area contributed by atoms with Crippen LogP contribution in [-0.4, -0.2) is 88.3 Å². The first kappa shape index (κ1) is 22.4. The fourth-order valence-corrected chi connectivity index (χ4v) is 3.88. The van der Waals surface area contributed by atoms with Gasteiger partial charge in [0.1, 0.15) is 11.6 Å². The summed E-state index contributed by atoms with van der Waals surface area (Å²) in [5.41, 5.74) is -0.528. The molecule has 0 radical (unpaired) electrons. The number of carbonyl (C=O) groups is 2. The number of amides is 1. The minimum Gasteiger partial charge on any atom is -0.480 e. The largest absolute Gasteiger partial charge is 0.480 e. The van der Waals surface area contributed by atoms with E-state index in [1.807, 2.05) is 38.2 Å². The molecule has 25 heavy (non-hydrogen) atoms. The van der Waals surface area contributed by atoms with Gasteiger partial charge in [-0.05, 0) is 57.6 Å². The Morgan fingerprint density at radius 2 is 1.84 bits per heavy atom. The van der Waals surface area contributed by atoms with Crippen molar-refractivity contribution in [2.24, 2.45) is 0 Å². The van der Waals surface area contributed by atoms with Gasteiger partial charge in [-0.3, -0.25) is 9.69 Å². The van der Waals surface area contributed by atoms with Crippen LogP contribution in [-0.2, 0) is 9.53 Å². The summed E-state index contributed by atoms with van der Waals surface area (Å²) in [4.78, 5) is 28.0. The summed E-state index contributed by atoms with van der Waals surface area (Å²) in [5, 5.41) is 9.58. The molecule has 1 N–H and O–H groups in total. The Hall–Kier alpha value is -0.600. The zero-order valence-corrected chi connectivity index (χ0v) is 17.6. The van der Waals surface area contributed by atoms with Crippen molar-refractivity contribution in [2.75, 3.05) is 43.7 Å². The van der Waals surface area contributed by atoms with Gasteiger partial charge in [-0.15, -0.1) is 0 Å². The highest BCUT2D eigenvalue weighted by molar-refractivity contribution is 7.98. The number of piperazine rings is 1. The van der Waals surface area contributed by atoms with E-state index in [2.05, 4.69) is 0 Å². The van der Waals surface area contributed by atoms with E-state index in [0.29, 0.717) is 26.1 Å². The third-order valence-electron chi connectivity index (χ3n) is 4.12. The first-order valence-corrected chi connectivity index (χ1v) is 11.4. The number of carbonyl (C=O) groups excluding carboxylic acids is 1. The van der Waals surface area contributed by atoms with Crippen molar-refractivity contribution < 1.29 is 19.4 Å². The normalized spacial score (nSPS) is 20.4. The molecular formula is C17H32N2O4S2. The molecule has 146 valence electrons. The highest BCUT2D eigenvalue weighted by atomic mass is 32.2. The summed E-state index contributed by atoms with van der Waals surface area (Å²) >= 11 is 3.39. The molecule has 1 rings (SSSR count). The van der Waals surface area contributed by atoms with Gasteiger partial charge >= 0.3 is 12.1 Å². The maximum atomic E-state index is 12.5. The number of nitrogens with zero attached hydrogens (tertiary/aromatic N) is 2. The summed E-state index contributed by atoms with van der Waals surface area (Å²) in [5.74, 6) is 0.974. The lowest BCUT2D eigenvalue weighted by Crippen LogP contribution is -2.59. The summed E-state index contributed by atoms with van der Waals surface area (Å²) < 4.78 is 5.54. The Morgan fingerprint density at radius 1 is 1.20 bits per heavy atom. The van der Waals surface area contributed by atoms with Crippen molar-refractivity contribution in [3.63, 3.8) is 0 Å². The molecule has 1 heterocycles. The van der Waals surface area contributed by atoms with Crippen LogP contribution in [0.2, 0.25) is 0 Å². The number of thioether (sulfide) groups is 2. The monoisotopic (exact) mass is 392 g/mol. The van der Waals surface area contributed by atoms with E-state index in [0.717, 1.165) is 17.9 Å². The third kappa shape index (κ3) is 7.66. The number of hydrogen-bond acceptors (Lipinski definition) is 6. The van der Waals surface area contributed by atoms with Gasteiger partial charge in [-0.2, -0.15) is 23.5 Å². The van der Waals surface area contributed by atoms with Gasteiger partial charge < -0.3 is 14.7 Å². The van der Waals surface area contributed by atoms with Gasteiger partial charge in [0.25, 0.3) is 0 Å². The van der Waals surface area contributed by atoms with Gasteiger partial charge in [-0.25, -0.2) is 4.79 Å². The lowest BCUT2D eigenvalue weighted by molar-refractivity contribution is -0.144. The van der Waals surface area contributed by atoms with E-state index in [1.54, 1.807) is 28.4 Å². The standard InChI is InChI=1S/C17H32N2O4S2/c1-17(2,3)23-16(22)19-9-8-18(12-13(19)6-10-24-4)14(15(20)21)7-11-25-5/h13-14H,6-12H2,1-5H3,(H,20,21)/t13-,14-/m0/s1. The van der Waals surface area contributed by atoms with Crippen LogP contribution in [0.4, 0.5) is 4.79 Å². The van der Waals surface area contributed by atoms with Crippen LogP contribution in [0.5, 0.6) is 0 Å². The summed E-state index contributed by atoms with van der Waals surface area (Å²) in [6.07, 6.45) is 5.19. The Balaban J connectivity index is 2.82. The smallest absolute Gasteiger partial charge is 0.410 e. The van der Waals surface area contributed by atoms with Crippen molar-refractivity contribution in [2.45, 2.75) is 51.3 Å². The first-order chi connectivity index (χ1) is 11.7. The second-order valence-corrected chi connectivity index (χ2v) is 9.21. The van der Waals surface area contributed by atoms with Crippen LogP contribution in [0.15, 0.2) is 0 Å². The summed E-state index contributed by atoms with van der Waals surface area (Å²) in [6.45, 7) is 7.26. The molecule has 6 nitrogen and oxygen atoms in total. The second kappa shape index (κ2) is 10.5. The summed E-state index contributed by atoms with van der Waals surface area (Å²) in [6, 6.07) is -0.489. The van der Waals surface area contributed by atoms with E-state index in [1.165, 1.54) is 0 Å². The number of carboxylic acid groups (broad SMARTS) is 1. The third-order valence-corrected chi connectivity index (χ3v) is 5.41. The molecule has 0 aromatic carbocycles. The number of aliphatic carboxylic acids is 1. The SMILES string of the molecule is CSCC[C@H]1CN([C@@H](CCSC)C(=O)O)CCN1C(=O)OC(C)(C)C. The van der Waals surface area contributed by atoms with Gasteiger partial charge in [0, 0.05) is 25.7 Å². The summed E-state index contributed by atoms with van der Waals surface area (Å²) in [7, 11) is 0. The van der Waals surface area contributed by atoms with Gasteiger partial charge in [0.15, 0.2) is 0 Å². The Morgan fingerprint density at radius 3 is 2.36 bits per heavy atom. The Labute approximate surface area is 160 Å². The second-order valence-electron chi connectivity index (χ2n) is 7.24. The molecule has 0 saturated carbocycles. The maximum Gasteiger partial charge on any atom is 0.410 e. The van der Waals surface area contributed by atoms with E-state index in [9.17, 15) is 14.7 Å². The van der Waals surface area contributed by atoms with E-state index in [-0.39, 0.29) is 12.1 Å². The lowest BCUT2D eigenvalue weighted by atomic mass is 10.1. The highest BCUT2D eigenvalue weighted by Gasteiger charge is 2.37. The van der Waals surface area contributed by atoms with Crippen molar-refractivity contribution in [3.05, 3.63) is 0 Å². The molecule has 0 spiro atoms. The number of rotatable bonds is 8. The van der Waals surface area contributed by atoms with Crippen LogP contribution in [0.25, 0.3) is 0 Å². The molecule has 0 bridgehead atoms. The lowest BCUT2D eigenvalue weighted by Gasteiger charge is -2.43. The molecule has 2 atom stereocenters. The van der Waals surface area contributed by atoms with Crippen LogP contribution in [0.3, 0.4) is 0 Å². The van der Waals surface area contributed by atoms with Gasteiger partial charge in [-0.1, -0.05) is 0 Å². The minimum atomic E-state index is -0.775. The molecular weight excluding hydrogens is 360 g/mol. The van der Waals surface area contributed by atoms with E-state index in [4.69, 9.17) is 4.74 Å². The average molecular weight is 393 g/mol. The van der Waals surface area contributed by atoms with E-state index < -0.39 is 17.6 Å². The quantitative estimate of drug-likeness (QED) is 0.681. The van der Waals surface area contributed by atoms with Gasteiger partial charge in [0.05, 0.1) is 0 Å². The molecule has 0 aliphatic carbocycles. The zero-order chi connectivity index (χ0) is 19.0. The molecule has 1 saturated heterocycles. The van der Waals surface area contributed by atoms with Crippen molar-refractivity contribution in [3.8, 4) is 0 Å². The molecule has 1 aliphatic heterocycles. The van der Waals surface area contributed by atoms with Crippen LogP contribution >= 0.6 is 23.5 Å². The number of carboxylic acids is 1. The van der Waals surface area contributed by atoms with Crippen LogP contribution in [0, 0.1) is 0 Å². The molecule has 8 heteroatoms. The molecule has 1 fully saturated rings. The molecule has 0 unspecified atom stereocenters. The predicted molar refractivity (Wildman–Crippen MR) is 106 cm³/mol. The molecule has 1 amide bonds. The molecule has 0 aromatic rings. The number of ether oxygens (including phenoxy) is 1. The fraction of sp³-hybridized carbons (Fsp3) is 0.882. The Kier molecular flexibility index (Phi) is 9.45. The minimum absolute atomic E-state index is 0.00724. The van der Waals surface area contributed by atoms with Crippen molar-refractivity contribution in [1.82, 2.24) is 9.80 Å². The predicted octanol–water partition coefficient (Wildman–Crippen LogP) is 2.87. The molecule has 1 aliphatic rings. The van der Waals surface area contributed by atoms with Gasteiger partial charge in [0.2, 0.25) is 0 Å². The van der Waals surface area contributed by atoms with Crippen LogP contribution < -0.4 is 0 Å². The zero-order valence-electron chi connectivity index (χ0n) is 16.0. The fourth-order valence-electron chi connectivity index (χ4n) is 2.92. The number of hydrogen-bond donors (Lipinski definition) is 1. The molecule has 0 aromatic heterocycles. The van der Waals surface area contributed by atoms with E-state index >= 15 is 0 Å². The average Bonchev–Trinajstić information content (AvgIpc) is 2.51. The Bertz CT molecular complexity index is 443. The van der Waals surface area contributed by atoms with Crippen molar-refractivity contribution >= 4 is 35.6 Å². The highest BCUT2D eigenvalue weighted by Crippen LogP contribution is 2.21. The first-order valence-electron chi connectivity index (χ1n) is 8.64.